The van der Waals surface area contributed by atoms with Crippen LogP contribution in [-0.2, 0) is 9.63 Å². The van der Waals surface area contributed by atoms with Crippen LogP contribution in [0.15, 0.2) is 29.4 Å². The van der Waals surface area contributed by atoms with E-state index in [1.54, 1.807) is 0 Å². The molecule has 6 heteroatoms. The minimum Gasteiger partial charge on any atom is -0.384 e. The number of nitrogens with zero attached hydrogens (tertiary/aromatic N) is 1. The molecule has 22 heavy (non-hydrogen) atoms. The predicted octanol–water partition coefficient (Wildman–Crippen LogP) is 2.16. The molecule has 0 bridgehead atoms. The maximum atomic E-state index is 12.8. The van der Waals surface area contributed by atoms with E-state index in [0.717, 1.165) is 19.3 Å². The van der Waals surface area contributed by atoms with Gasteiger partial charge in [0.15, 0.2) is 12.4 Å². The fraction of sp³-hybridized carbons (Fsp3) is 0.500. The number of rotatable bonds is 5. The van der Waals surface area contributed by atoms with E-state index < -0.39 is 0 Å². The smallest absolute Gasteiger partial charge is 0.261 e. The molecule has 2 unspecified atom stereocenters. The molecule has 5 nitrogen and oxygen atoms in total. The first-order valence-electron chi connectivity index (χ1n) is 7.57. The van der Waals surface area contributed by atoms with Crippen LogP contribution in [-0.4, -0.2) is 24.4 Å². The van der Waals surface area contributed by atoms with Gasteiger partial charge in [0.25, 0.3) is 5.91 Å². The summed E-state index contributed by atoms with van der Waals surface area (Å²) in [7, 11) is 0. The maximum Gasteiger partial charge on any atom is 0.261 e. The summed E-state index contributed by atoms with van der Waals surface area (Å²) in [6.07, 6.45) is 4.52. The molecule has 1 aromatic rings. The van der Waals surface area contributed by atoms with Gasteiger partial charge >= 0.3 is 0 Å². The zero-order valence-corrected chi connectivity index (χ0v) is 12.7. The van der Waals surface area contributed by atoms with Crippen LogP contribution >= 0.6 is 0 Å². The van der Waals surface area contributed by atoms with Gasteiger partial charge in [-0.2, -0.15) is 0 Å². The molecule has 0 aromatic heterocycles. The fourth-order valence-corrected chi connectivity index (χ4v) is 2.61. The first-order chi connectivity index (χ1) is 10.6. The SMILES string of the molecule is CC1CCCCC1NC(=O)CO/N=C(\N)c1ccc(F)cc1. The molecule has 1 saturated carbocycles. The molecule has 0 aliphatic heterocycles. The van der Waals surface area contributed by atoms with E-state index in [9.17, 15) is 9.18 Å². The Hall–Kier alpha value is -2.11. The van der Waals surface area contributed by atoms with Crippen LogP contribution < -0.4 is 11.1 Å². The van der Waals surface area contributed by atoms with Crippen molar-refractivity contribution in [3.63, 3.8) is 0 Å². The molecule has 0 spiro atoms. The Labute approximate surface area is 129 Å². The monoisotopic (exact) mass is 307 g/mol. The third-order valence-corrected chi connectivity index (χ3v) is 3.96. The Morgan fingerprint density at radius 3 is 2.73 bits per heavy atom. The molecule has 1 fully saturated rings. The highest BCUT2D eigenvalue weighted by Gasteiger charge is 2.22. The molecule has 2 rings (SSSR count). The van der Waals surface area contributed by atoms with Crippen molar-refractivity contribution in [3.05, 3.63) is 35.6 Å². The van der Waals surface area contributed by atoms with Crippen molar-refractivity contribution in [2.75, 3.05) is 6.61 Å². The summed E-state index contributed by atoms with van der Waals surface area (Å²) < 4.78 is 12.8. The number of hydrogen-bond donors (Lipinski definition) is 2. The summed E-state index contributed by atoms with van der Waals surface area (Å²) in [5, 5.41) is 6.65. The van der Waals surface area contributed by atoms with Crippen LogP contribution in [0.4, 0.5) is 4.39 Å². The second-order valence-electron chi connectivity index (χ2n) is 5.69. The molecule has 1 amide bonds. The predicted molar refractivity (Wildman–Crippen MR) is 82.6 cm³/mol. The van der Waals surface area contributed by atoms with Gasteiger partial charge in [0.05, 0.1) is 0 Å². The largest absolute Gasteiger partial charge is 0.384 e. The Kier molecular flexibility index (Phi) is 5.75. The van der Waals surface area contributed by atoms with Crippen molar-refractivity contribution in [3.8, 4) is 0 Å². The highest BCUT2D eigenvalue weighted by Crippen LogP contribution is 2.23. The average Bonchev–Trinajstić information content (AvgIpc) is 2.50. The van der Waals surface area contributed by atoms with Crippen molar-refractivity contribution in [2.45, 2.75) is 38.6 Å². The molecule has 1 aromatic carbocycles. The zero-order chi connectivity index (χ0) is 15.9. The number of nitrogens with two attached hydrogens (primary N) is 1. The summed E-state index contributed by atoms with van der Waals surface area (Å²) in [6, 6.07) is 5.79. The van der Waals surface area contributed by atoms with E-state index in [4.69, 9.17) is 10.6 Å². The lowest BCUT2D eigenvalue weighted by Gasteiger charge is -2.29. The number of halogens is 1. The van der Waals surface area contributed by atoms with E-state index in [-0.39, 0.29) is 30.2 Å². The minimum atomic E-state index is -0.349. The Balaban J connectivity index is 1.78. The van der Waals surface area contributed by atoms with E-state index in [1.165, 1.54) is 30.7 Å². The number of amidine groups is 1. The molecule has 120 valence electrons. The topological polar surface area (TPSA) is 76.7 Å². The van der Waals surface area contributed by atoms with Gasteiger partial charge in [-0.3, -0.25) is 4.79 Å². The van der Waals surface area contributed by atoms with Crippen LogP contribution in [0, 0.1) is 11.7 Å². The quantitative estimate of drug-likeness (QED) is 0.497. The number of carbonyl (C=O) groups is 1. The molecule has 1 aliphatic rings. The molecule has 0 heterocycles. The Morgan fingerprint density at radius 2 is 2.05 bits per heavy atom. The van der Waals surface area contributed by atoms with Crippen LogP contribution in [0.2, 0.25) is 0 Å². The summed E-state index contributed by atoms with van der Waals surface area (Å²) in [6.45, 7) is 1.97. The number of amides is 1. The highest BCUT2D eigenvalue weighted by atomic mass is 19.1. The van der Waals surface area contributed by atoms with Crippen molar-refractivity contribution in [1.29, 1.82) is 0 Å². The third-order valence-electron chi connectivity index (χ3n) is 3.96. The maximum absolute atomic E-state index is 12.8. The molecular weight excluding hydrogens is 285 g/mol. The number of benzene rings is 1. The van der Waals surface area contributed by atoms with Crippen LogP contribution in [0.1, 0.15) is 38.2 Å². The standard InChI is InChI=1S/C16H22FN3O2/c1-11-4-2-3-5-14(11)19-15(21)10-22-20-16(18)12-6-8-13(17)9-7-12/h6-9,11,14H,2-5,10H2,1H3,(H2,18,20)(H,19,21). The first kappa shape index (κ1) is 16.3. The van der Waals surface area contributed by atoms with Gasteiger partial charge in [0, 0.05) is 11.6 Å². The number of carbonyl (C=O) groups excluding carboxylic acids is 1. The molecule has 0 saturated heterocycles. The van der Waals surface area contributed by atoms with Crippen molar-refractivity contribution in [2.24, 2.45) is 16.8 Å². The first-order valence-corrected chi connectivity index (χ1v) is 7.57. The highest BCUT2D eigenvalue weighted by molar-refractivity contribution is 5.97. The number of nitrogens with one attached hydrogen (secondary N) is 1. The third kappa shape index (κ3) is 4.72. The molecular formula is C16H22FN3O2. The Bertz CT molecular complexity index is 531. The second kappa shape index (κ2) is 7.77. The normalized spacial score (nSPS) is 22.2. The molecule has 2 atom stereocenters. The van der Waals surface area contributed by atoms with Gasteiger partial charge in [0.1, 0.15) is 5.82 Å². The molecule has 0 radical (unpaired) electrons. The minimum absolute atomic E-state index is 0.110. The lowest BCUT2D eigenvalue weighted by molar-refractivity contribution is -0.126. The summed E-state index contributed by atoms with van der Waals surface area (Å²) in [5.41, 5.74) is 6.25. The van der Waals surface area contributed by atoms with Gasteiger partial charge in [-0.05, 0) is 43.0 Å². The number of hydrogen-bond acceptors (Lipinski definition) is 3. The van der Waals surface area contributed by atoms with Crippen LogP contribution in [0.3, 0.4) is 0 Å². The van der Waals surface area contributed by atoms with Crippen molar-refractivity contribution < 1.29 is 14.0 Å². The van der Waals surface area contributed by atoms with Crippen LogP contribution in [0.5, 0.6) is 0 Å². The van der Waals surface area contributed by atoms with E-state index in [0.29, 0.717) is 11.5 Å². The number of oxime groups is 1. The van der Waals surface area contributed by atoms with Gasteiger partial charge in [-0.15, -0.1) is 0 Å². The van der Waals surface area contributed by atoms with Gasteiger partial charge in [-0.25, -0.2) is 4.39 Å². The summed E-state index contributed by atoms with van der Waals surface area (Å²) in [4.78, 5) is 16.8. The second-order valence-corrected chi connectivity index (χ2v) is 5.69. The fourth-order valence-electron chi connectivity index (χ4n) is 2.61. The van der Waals surface area contributed by atoms with E-state index >= 15 is 0 Å². The van der Waals surface area contributed by atoms with Gasteiger partial charge < -0.3 is 15.9 Å². The lowest BCUT2D eigenvalue weighted by atomic mass is 9.86. The zero-order valence-electron chi connectivity index (χ0n) is 12.7. The van der Waals surface area contributed by atoms with Crippen molar-refractivity contribution >= 4 is 11.7 Å². The Morgan fingerprint density at radius 1 is 1.36 bits per heavy atom. The van der Waals surface area contributed by atoms with Crippen molar-refractivity contribution in [1.82, 2.24) is 5.32 Å². The average molecular weight is 307 g/mol. The molecule has 1 aliphatic carbocycles. The van der Waals surface area contributed by atoms with Gasteiger partial charge in [0.2, 0.25) is 0 Å². The van der Waals surface area contributed by atoms with Crippen LogP contribution in [0.25, 0.3) is 0 Å². The lowest BCUT2D eigenvalue weighted by Crippen LogP contribution is -2.42. The molecule has 3 N–H and O–H groups in total. The summed E-state index contributed by atoms with van der Waals surface area (Å²) >= 11 is 0. The van der Waals surface area contributed by atoms with Gasteiger partial charge in [-0.1, -0.05) is 24.9 Å². The van der Waals surface area contributed by atoms with E-state index in [1.807, 2.05) is 0 Å². The van der Waals surface area contributed by atoms with E-state index in [2.05, 4.69) is 17.4 Å². The summed E-state index contributed by atoms with van der Waals surface area (Å²) in [5.74, 6) is 0.0529.